The number of carbonyl (C=O) groups excluding carboxylic acids is 1. The number of benzene rings is 1. The number of alkyl halides is 1. The van der Waals surface area contributed by atoms with Gasteiger partial charge in [0.1, 0.15) is 11.2 Å². The van der Waals surface area contributed by atoms with Gasteiger partial charge < -0.3 is 5.73 Å². The fourth-order valence-electron chi connectivity index (χ4n) is 2.73. The molecule has 1 aliphatic carbocycles. The van der Waals surface area contributed by atoms with Gasteiger partial charge in [0.2, 0.25) is 10.7 Å². The number of primary amides is 1. The SMILES string of the molecule is Cn1nc(-c2ccc(C(N)=O)cc2)sc1=N[C@@H]1CCC[C@@H](F)C1. The number of halogens is 1. The van der Waals surface area contributed by atoms with Crippen molar-refractivity contribution in [3.8, 4) is 10.6 Å². The Morgan fingerprint density at radius 1 is 1.39 bits per heavy atom. The van der Waals surface area contributed by atoms with Gasteiger partial charge in [-0.05, 0) is 31.4 Å². The largest absolute Gasteiger partial charge is 0.366 e. The van der Waals surface area contributed by atoms with E-state index < -0.39 is 12.1 Å². The highest BCUT2D eigenvalue weighted by Gasteiger charge is 2.21. The molecule has 0 unspecified atom stereocenters. The monoisotopic (exact) mass is 334 g/mol. The quantitative estimate of drug-likeness (QED) is 0.936. The zero-order valence-corrected chi connectivity index (χ0v) is 13.7. The van der Waals surface area contributed by atoms with E-state index in [4.69, 9.17) is 5.73 Å². The van der Waals surface area contributed by atoms with Crippen LogP contribution in [0.3, 0.4) is 0 Å². The molecule has 1 aliphatic rings. The first-order chi connectivity index (χ1) is 11.0. The van der Waals surface area contributed by atoms with Gasteiger partial charge in [0, 0.05) is 24.6 Å². The molecule has 2 atom stereocenters. The molecule has 122 valence electrons. The molecule has 2 N–H and O–H groups in total. The maximum Gasteiger partial charge on any atom is 0.248 e. The number of aryl methyl sites for hydroxylation is 1. The fourth-order valence-corrected chi connectivity index (χ4v) is 3.70. The van der Waals surface area contributed by atoms with Gasteiger partial charge in [-0.15, -0.1) is 0 Å². The normalized spacial score (nSPS) is 22.3. The molecule has 5 nitrogen and oxygen atoms in total. The molecule has 0 spiro atoms. The lowest BCUT2D eigenvalue weighted by atomic mass is 9.94. The number of nitrogens with zero attached hydrogens (tertiary/aromatic N) is 3. The molecule has 0 bridgehead atoms. The maximum absolute atomic E-state index is 13.5. The molecule has 2 aromatic rings. The van der Waals surface area contributed by atoms with E-state index >= 15 is 0 Å². The highest BCUT2D eigenvalue weighted by atomic mass is 32.1. The highest BCUT2D eigenvalue weighted by Crippen LogP contribution is 2.24. The summed E-state index contributed by atoms with van der Waals surface area (Å²) in [5, 5.41) is 5.29. The smallest absolute Gasteiger partial charge is 0.248 e. The van der Waals surface area contributed by atoms with Gasteiger partial charge in [-0.3, -0.25) is 9.79 Å². The number of carbonyl (C=O) groups is 1. The van der Waals surface area contributed by atoms with Crippen LogP contribution in [0.5, 0.6) is 0 Å². The average Bonchev–Trinajstić information content (AvgIpc) is 2.88. The fraction of sp³-hybridized carbons (Fsp3) is 0.438. The van der Waals surface area contributed by atoms with Crippen LogP contribution in [0.2, 0.25) is 0 Å². The van der Waals surface area contributed by atoms with Crippen LogP contribution >= 0.6 is 11.3 Å². The van der Waals surface area contributed by atoms with E-state index in [-0.39, 0.29) is 6.04 Å². The summed E-state index contributed by atoms with van der Waals surface area (Å²) < 4.78 is 15.2. The third-order valence-corrected chi connectivity index (χ3v) is 5.06. The van der Waals surface area contributed by atoms with Crippen LogP contribution in [0.4, 0.5) is 4.39 Å². The van der Waals surface area contributed by atoms with Gasteiger partial charge in [0.25, 0.3) is 0 Å². The highest BCUT2D eigenvalue weighted by molar-refractivity contribution is 7.12. The Balaban J connectivity index is 1.87. The summed E-state index contributed by atoms with van der Waals surface area (Å²) in [5.41, 5.74) is 6.62. The number of amides is 1. The van der Waals surface area contributed by atoms with Crippen molar-refractivity contribution < 1.29 is 9.18 Å². The van der Waals surface area contributed by atoms with Crippen molar-refractivity contribution in [3.63, 3.8) is 0 Å². The zero-order chi connectivity index (χ0) is 16.4. The minimum absolute atomic E-state index is 0.0375. The Kier molecular flexibility index (Phi) is 4.56. The molecule has 1 aromatic carbocycles. The van der Waals surface area contributed by atoms with Crippen molar-refractivity contribution in [2.45, 2.75) is 37.9 Å². The molecule has 1 saturated carbocycles. The van der Waals surface area contributed by atoms with Gasteiger partial charge in [0.15, 0.2) is 0 Å². The van der Waals surface area contributed by atoms with Crippen molar-refractivity contribution in [1.29, 1.82) is 0 Å². The van der Waals surface area contributed by atoms with E-state index in [1.165, 1.54) is 11.3 Å². The summed E-state index contributed by atoms with van der Waals surface area (Å²) in [5.74, 6) is -0.449. The first-order valence-corrected chi connectivity index (χ1v) is 8.47. The van der Waals surface area contributed by atoms with Crippen LogP contribution in [0, 0.1) is 0 Å². The third kappa shape index (κ3) is 3.67. The average molecular weight is 334 g/mol. The Morgan fingerprint density at radius 3 is 2.78 bits per heavy atom. The van der Waals surface area contributed by atoms with E-state index in [1.54, 1.807) is 16.8 Å². The van der Waals surface area contributed by atoms with Crippen LogP contribution in [-0.4, -0.2) is 27.9 Å². The lowest BCUT2D eigenvalue weighted by Crippen LogP contribution is -2.23. The van der Waals surface area contributed by atoms with Crippen LogP contribution in [0.1, 0.15) is 36.0 Å². The molecule has 1 heterocycles. The Bertz CT molecular complexity index is 765. The lowest BCUT2D eigenvalue weighted by Gasteiger charge is -2.20. The lowest BCUT2D eigenvalue weighted by molar-refractivity contribution is 0.100. The van der Waals surface area contributed by atoms with Crippen LogP contribution < -0.4 is 10.5 Å². The maximum atomic E-state index is 13.5. The summed E-state index contributed by atoms with van der Waals surface area (Å²) in [4.78, 5) is 16.6. The molecule has 1 fully saturated rings. The van der Waals surface area contributed by atoms with E-state index in [9.17, 15) is 9.18 Å². The number of hydrogen-bond donors (Lipinski definition) is 1. The topological polar surface area (TPSA) is 73.3 Å². The van der Waals surface area contributed by atoms with Crippen molar-refractivity contribution in [1.82, 2.24) is 9.78 Å². The Labute approximate surface area is 137 Å². The molecule has 0 saturated heterocycles. The zero-order valence-electron chi connectivity index (χ0n) is 12.9. The van der Waals surface area contributed by atoms with E-state index in [0.29, 0.717) is 18.4 Å². The Morgan fingerprint density at radius 2 is 2.13 bits per heavy atom. The second-order valence-corrected chi connectivity index (χ2v) is 6.76. The van der Waals surface area contributed by atoms with Crippen molar-refractivity contribution >= 4 is 17.2 Å². The van der Waals surface area contributed by atoms with Gasteiger partial charge in [-0.1, -0.05) is 23.5 Å². The van der Waals surface area contributed by atoms with Gasteiger partial charge in [0.05, 0.1) is 6.04 Å². The van der Waals surface area contributed by atoms with Gasteiger partial charge in [-0.25, -0.2) is 9.07 Å². The minimum atomic E-state index is -0.739. The summed E-state index contributed by atoms with van der Waals surface area (Å²) in [6, 6.07) is 7.05. The molecular formula is C16H19FN4OS. The molecule has 7 heteroatoms. The van der Waals surface area contributed by atoms with Crippen molar-refractivity contribution in [2.24, 2.45) is 17.8 Å². The number of hydrogen-bond acceptors (Lipinski definition) is 4. The number of nitrogens with two attached hydrogens (primary N) is 1. The first-order valence-electron chi connectivity index (χ1n) is 7.65. The molecular weight excluding hydrogens is 315 g/mol. The second-order valence-electron chi connectivity index (χ2n) is 5.80. The van der Waals surface area contributed by atoms with Crippen LogP contribution in [0.25, 0.3) is 10.6 Å². The standard InChI is InChI=1S/C16H19FN4OS/c1-21-16(19-13-4-2-3-12(17)9-13)23-15(20-21)11-7-5-10(6-8-11)14(18)22/h5-8,12-13H,2-4,9H2,1H3,(H2,18,22)/t12-,13-/m1/s1. The molecule has 3 rings (SSSR count). The van der Waals surface area contributed by atoms with Crippen molar-refractivity contribution in [3.05, 3.63) is 34.6 Å². The van der Waals surface area contributed by atoms with Gasteiger partial charge >= 0.3 is 0 Å². The Hall–Kier alpha value is -2.02. The van der Waals surface area contributed by atoms with E-state index in [1.807, 2.05) is 19.2 Å². The molecule has 1 aromatic heterocycles. The number of aromatic nitrogens is 2. The third-order valence-electron chi connectivity index (χ3n) is 4.00. The predicted octanol–water partition coefficient (Wildman–Crippen LogP) is 2.43. The van der Waals surface area contributed by atoms with Crippen LogP contribution in [-0.2, 0) is 7.05 Å². The van der Waals surface area contributed by atoms with Gasteiger partial charge in [-0.2, -0.15) is 5.10 Å². The summed E-state index contributed by atoms with van der Waals surface area (Å²) >= 11 is 1.47. The molecule has 23 heavy (non-hydrogen) atoms. The molecule has 1 amide bonds. The summed E-state index contributed by atoms with van der Waals surface area (Å²) in [6.45, 7) is 0. The van der Waals surface area contributed by atoms with E-state index in [2.05, 4.69) is 10.1 Å². The summed E-state index contributed by atoms with van der Waals surface area (Å²) in [6.07, 6.45) is 2.23. The van der Waals surface area contributed by atoms with Crippen LogP contribution in [0.15, 0.2) is 29.3 Å². The van der Waals surface area contributed by atoms with E-state index in [0.717, 1.165) is 28.2 Å². The minimum Gasteiger partial charge on any atom is -0.366 e. The predicted molar refractivity (Wildman–Crippen MR) is 87.8 cm³/mol. The molecule has 0 aliphatic heterocycles. The second kappa shape index (κ2) is 6.62. The molecule has 0 radical (unpaired) electrons. The summed E-state index contributed by atoms with van der Waals surface area (Å²) in [7, 11) is 1.84. The number of rotatable bonds is 3. The first kappa shape index (κ1) is 15.9. The van der Waals surface area contributed by atoms with Crippen molar-refractivity contribution in [2.75, 3.05) is 0 Å².